The molecule has 0 bridgehead atoms. The fourth-order valence-electron chi connectivity index (χ4n) is 2.44. The lowest BCUT2D eigenvalue weighted by molar-refractivity contribution is 0.173. The van der Waals surface area contributed by atoms with Gasteiger partial charge in [-0.25, -0.2) is 0 Å². The van der Waals surface area contributed by atoms with Crippen molar-refractivity contribution in [1.82, 2.24) is 20.4 Å². The number of hydrogen-bond donors (Lipinski definition) is 1. The summed E-state index contributed by atoms with van der Waals surface area (Å²) >= 11 is 0. The van der Waals surface area contributed by atoms with Gasteiger partial charge in [0.25, 0.3) is 5.89 Å². The molecule has 6 heteroatoms. The monoisotopic (exact) mass is 262 g/mol. The predicted molar refractivity (Wildman–Crippen MR) is 69.4 cm³/mol. The Kier molecular flexibility index (Phi) is 3.61. The molecule has 0 amide bonds. The quantitative estimate of drug-likeness (QED) is 0.901. The summed E-state index contributed by atoms with van der Waals surface area (Å²) in [5.41, 5.74) is 0. The van der Waals surface area contributed by atoms with Crippen molar-refractivity contribution in [3.8, 4) is 11.7 Å². The van der Waals surface area contributed by atoms with Gasteiger partial charge in [-0.05, 0) is 38.6 Å². The van der Waals surface area contributed by atoms with Crippen LogP contribution in [-0.4, -0.2) is 41.3 Å². The smallest absolute Gasteiger partial charge is 0.283 e. The van der Waals surface area contributed by atoms with Crippen molar-refractivity contribution >= 4 is 0 Å². The Morgan fingerprint density at radius 2 is 2.42 bits per heavy atom. The number of nitrogens with zero attached hydrogens (tertiary/aromatic N) is 3. The first-order valence-corrected chi connectivity index (χ1v) is 6.61. The zero-order valence-corrected chi connectivity index (χ0v) is 11.0. The summed E-state index contributed by atoms with van der Waals surface area (Å²) in [6, 6.07) is 4.18. The number of rotatable bonds is 4. The second-order valence-corrected chi connectivity index (χ2v) is 4.84. The lowest BCUT2D eigenvalue weighted by Gasteiger charge is -2.31. The van der Waals surface area contributed by atoms with E-state index in [9.17, 15) is 0 Å². The van der Waals surface area contributed by atoms with Gasteiger partial charge in [-0.3, -0.25) is 4.90 Å². The van der Waals surface area contributed by atoms with E-state index >= 15 is 0 Å². The number of hydrogen-bond acceptors (Lipinski definition) is 6. The van der Waals surface area contributed by atoms with Crippen molar-refractivity contribution in [3.63, 3.8) is 0 Å². The van der Waals surface area contributed by atoms with Crippen LogP contribution in [0.15, 0.2) is 27.2 Å². The fraction of sp³-hybridized carbons (Fsp3) is 0.538. The first-order chi connectivity index (χ1) is 9.35. The van der Waals surface area contributed by atoms with Crippen LogP contribution in [0.2, 0.25) is 0 Å². The van der Waals surface area contributed by atoms with E-state index in [0.717, 1.165) is 13.1 Å². The summed E-state index contributed by atoms with van der Waals surface area (Å²) in [5.74, 6) is 1.70. The minimum Gasteiger partial charge on any atom is -0.459 e. The Bertz CT molecular complexity index is 508. The molecule has 0 radical (unpaired) electrons. The van der Waals surface area contributed by atoms with Crippen LogP contribution in [0.3, 0.4) is 0 Å². The minimum absolute atomic E-state index is 0.446. The van der Waals surface area contributed by atoms with Gasteiger partial charge >= 0.3 is 0 Å². The molecule has 6 nitrogen and oxygen atoms in total. The third-order valence-electron chi connectivity index (χ3n) is 3.47. The van der Waals surface area contributed by atoms with Gasteiger partial charge in [0.2, 0.25) is 5.89 Å². The summed E-state index contributed by atoms with van der Waals surface area (Å²) in [5, 5.41) is 11.4. The second-order valence-electron chi connectivity index (χ2n) is 4.84. The molecule has 0 aliphatic carbocycles. The number of aromatic nitrogens is 2. The Balaban J connectivity index is 1.64. The highest BCUT2D eigenvalue weighted by Gasteiger charge is 2.20. The van der Waals surface area contributed by atoms with E-state index in [1.54, 1.807) is 12.3 Å². The summed E-state index contributed by atoms with van der Waals surface area (Å²) in [4.78, 5) is 2.34. The minimum atomic E-state index is 0.446. The molecule has 2 aromatic rings. The van der Waals surface area contributed by atoms with E-state index in [-0.39, 0.29) is 0 Å². The molecule has 19 heavy (non-hydrogen) atoms. The standard InChI is InChI=1S/C13H18N4O2/c1-14-10-4-2-6-17(8-10)9-12-15-16-13(19-12)11-5-3-7-18-11/h3,5,7,10,14H,2,4,6,8-9H2,1H3. The molecular weight excluding hydrogens is 244 g/mol. The van der Waals surface area contributed by atoms with Crippen molar-refractivity contribution in [3.05, 3.63) is 24.3 Å². The maximum atomic E-state index is 5.62. The third kappa shape index (κ3) is 2.85. The van der Waals surface area contributed by atoms with E-state index in [0.29, 0.717) is 30.1 Å². The molecule has 3 rings (SSSR count). The molecule has 1 atom stereocenters. The van der Waals surface area contributed by atoms with Gasteiger partial charge in [0.1, 0.15) is 0 Å². The largest absolute Gasteiger partial charge is 0.459 e. The van der Waals surface area contributed by atoms with Crippen molar-refractivity contribution in [2.24, 2.45) is 0 Å². The molecule has 3 heterocycles. The Morgan fingerprint density at radius 1 is 1.47 bits per heavy atom. The Labute approximate surface area is 111 Å². The molecule has 1 fully saturated rings. The van der Waals surface area contributed by atoms with Crippen LogP contribution < -0.4 is 5.32 Å². The van der Waals surface area contributed by atoms with Crippen LogP contribution in [0.1, 0.15) is 18.7 Å². The number of likely N-dealkylation sites (N-methyl/N-ethyl adjacent to an activating group) is 1. The summed E-state index contributed by atoms with van der Waals surface area (Å²) < 4.78 is 10.9. The Hall–Kier alpha value is -1.66. The van der Waals surface area contributed by atoms with E-state index in [1.165, 1.54) is 12.8 Å². The van der Waals surface area contributed by atoms with Crippen LogP contribution in [0.4, 0.5) is 0 Å². The Morgan fingerprint density at radius 3 is 3.21 bits per heavy atom. The van der Waals surface area contributed by atoms with Crippen molar-refractivity contribution in [2.45, 2.75) is 25.4 Å². The lowest BCUT2D eigenvalue weighted by Crippen LogP contribution is -2.43. The van der Waals surface area contributed by atoms with E-state index < -0.39 is 0 Å². The van der Waals surface area contributed by atoms with Crippen molar-refractivity contribution < 1.29 is 8.83 Å². The number of furan rings is 1. The van der Waals surface area contributed by atoms with Crippen molar-refractivity contribution in [1.29, 1.82) is 0 Å². The second kappa shape index (κ2) is 5.54. The van der Waals surface area contributed by atoms with Gasteiger partial charge < -0.3 is 14.2 Å². The number of piperidine rings is 1. The van der Waals surface area contributed by atoms with Crippen LogP contribution >= 0.6 is 0 Å². The predicted octanol–water partition coefficient (Wildman–Crippen LogP) is 1.51. The van der Waals surface area contributed by atoms with E-state index in [2.05, 4.69) is 20.4 Å². The molecular formula is C13H18N4O2. The highest BCUT2D eigenvalue weighted by Crippen LogP contribution is 2.19. The maximum absolute atomic E-state index is 5.62. The van der Waals surface area contributed by atoms with Gasteiger partial charge in [-0.15, -0.1) is 10.2 Å². The number of nitrogens with one attached hydrogen (secondary N) is 1. The number of likely N-dealkylation sites (tertiary alicyclic amines) is 1. The molecule has 2 aromatic heterocycles. The van der Waals surface area contributed by atoms with Gasteiger partial charge in [0.05, 0.1) is 12.8 Å². The fourth-order valence-corrected chi connectivity index (χ4v) is 2.44. The summed E-state index contributed by atoms with van der Waals surface area (Å²) in [6.07, 6.45) is 4.03. The maximum Gasteiger partial charge on any atom is 0.283 e. The molecule has 1 aliphatic heterocycles. The topological polar surface area (TPSA) is 67.3 Å². The van der Waals surface area contributed by atoms with Gasteiger partial charge in [0.15, 0.2) is 5.76 Å². The first kappa shape index (κ1) is 12.4. The molecule has 0 aromatic carbocycles. The SMILES string of the molecule is CNC1CCCN(Cc2nnc(-c3ccco3)o2)C1. The van der Waals surface area contributed by atoms with Crippen LogP contribution in [-0.2, 0) is 6.54 Å². The van der Waals surface area contributed by atoms with Crippen LogP contribution in [0.25, 0.3) is 11.7 Å². The average molecular weight is 262 g/mol. The van der Waals surface area contributed by atoms with E-state index in [4.69, 9.17) is 8.83 Å². The van der Waals surface area contributed by atoms with Crippen LogP contribution in [0, 0.1) is 0 Å². The first-order valence-electron chi connectivity index (χ1n) is 6.61. The average Bonchev–Trinajstić information content (AvgIpc) is 3.09. The molecule has 1 saturated heterocycles. The van der Waals surface area contributed by atoms with E-state index in [1.807, 2.05) is 13.1 Å². The molecule has 1 unspecified atom stereocenters. The molecule has 102 valence electrons. The van der Waals surface area contributed by atoms with Crippen LogP contribution in [0.5, 0.6) is 0 Å². The third-order valence-corrected chi connectivity index (χ3v) is 3.47. The van der Waals surface area contributed by atoms with Gasteiger partial charge in [-0.1, -0.05) is 0 Å². The summed E-state index contributed by atoms with van der Waals surface area (Å²) in [6.45, 7) is 2.80. The molecule has 1 aliphatic rings. The zero-order valence-electron chi connectivity index (χ0n) is 11.0. The zero-order chi connectivity index (χ0) is 13.1. The summed E-state index contributed by atoms with van der Waals surface area (Å²) in [7, 11) is 2.01. The molecule has 0 spiro atoms. The molecule has 1 N–H and O–H groups in total. The highest BCUT2D eigenvalue weighted by molar-refractivity contribution is 5.42. The van der Waals surface area contributed by atoms with Crippen molar-refractivity contribution in [2.75, 3.05) is 20.1 Å². The molecule has 0 saturated carbocycles. The lowest BCUT2D eigenvalue weighted by atomic mass is 10.1. The van der Waals surface area contributed by atoms with Gasteiger partial charge in [-0.2, -0.15) is 0 Å². The normalized spacial score (nSPS) is 20.8. The van der Waals surface area contributed by atoms with Gasteiger partial charge in [0, 0.05) is 12.6 Å². The highest BCUT2D eigenvalue weighted by atomic mass is 16.4.